The van der Waals surface area contributed by atoms with E-state index in [1.54, 1.807) is 12.2 Å². The van der Waals surface area contributed by atoms with Gasteiger partial charge in [-0.15, -0.1) is 0 Å². The fraction of sp³-hybridized carbons (Fsp3) is 0. The molecule has 0 aromatic carbocycles. The monoisotopic (exact) mass is 177 g/mol. The molecule has 0 unspecified atom stereocenters. The average Bonchev–Trinajstić information content (AvgIpc) is 1.90. The maximum atomic E-state index is 10.2. The summed E-state index contributed by atoms with van der Waals surface area (Å²) in [6.45, 7) is 0. The van der Waals surface area contributed by atoms with Crippen molar-refractivity contribution in [2.24, 2.45) is 0 Å². The zero-order valence-corrected chi connectivity index (χ0v) is 7.13. The van der Waals surface area contributed by atoms with E-state index in [-0.39, 0.29) is 0 Å². The summed E-state index contributed by atoms with van der Waals surface area (Å²) in [7, 11) is 0. The van der Waals surface area contributed by atoms with Crippen LogP contribution in [0.2, 0.25) is 0 Å². The Labute approximate surface area is 60.2 Å². The standard InChI is InChI=1S/C6H5O2.Ga/c1-2-3-4-5-6(7)8;/h1-4H,(H,7,8);/p-1. The van der Waals surface area contributed by atoms with E-state index in [0.717, 1.165) is 0 Å². The molecule has 0 atom stereocenters. The maximum absolute atomic E-state index is 10.2. The summed E-state index contributed by atoms with van der Waals surface area (Å²) in [4.78, 5) is 10.2. The van der Waals surface area contributed by atoms with E-state index >= 15 is 0 Å². The van der Waals surface area contributed by atoms with Crippen LogP contribution in [0.25, 0.3) is 0 Å². The minimum atomic E-state index is -1.00. The van der Waals surface area contributed by atoms with Crippen molar-refractivity contribution < 1.29 is 9.90 Å². The summed E-state index contributed by atoms with van der Waals surface area (Å²) >= 11 is -0.778. The fourth-order valence-electron chi connectivity index (χ4n) is 0.574. The number of carboxylic acid groups (broad SMARTS) is 1. The van der Waals surface area contributed by atoms with Gasteiger partial charge in [0, 0.05) is 0 Å². The van der Waals surface area contributed by atoms with Crippen molar-refractivity contribution in [1.82, 2.24) is 0 Å². The second kappa shape index (κ2) is 2.84. The van der Waals surface area contributed by atoms with Crippen LogP contribution >= 0.6 is 0 Å². The van der Waals surface area contributed by atoms with E-state index in [9.17, 15) is 9.90 Å². The van der Waals surface area contributed by atoms with Crippen molar-refractivity contribution in [2.45, 2.75) is 0 Å². The summed E-state index contributed by atoms with van der Waals surface area (Å²) in [5, 5.41) is 10.2. The molecular weight excluding hydrogens is 174 g/mol. The topological polar surface area (TPSA) is 40.1 Å². The molecule has 1 aliphatic rings. The number of hydrogen-bond acceptors (Lipinski definition) is 2. The van der Waals surface area contributed by atoms with Crippen molar-refractivity contribution in [2.75, 3.05) is 0 Å². The van der Waals surface area contributed by atoms with Crippen molar-refractivity contribution in [3.8, 4) is 0 Å². The zero-order valence-electron chi connectivity index (χ0n) is 4.70. The molecular formula is C6H4GaO2-. The van der Waals surface area contributed by atoms with Crippen LogP contribution in [0.5, 0.6) is 0 Å². The Balaban J connectivity index is 2.84. The van der Waals surface area contributed by atoms with Crippen LogP contribution < -0.4 is 5.11 Å². The first-order valence-electron chi connectivity index (χ1n) is 2.57. The normalized spacial score (nSPS) is 14.4. The van der Waals surface area contributed by atoms with Crippen molar-refractivity contribution >= 4 is 27.0 Å². The number of carbonyl (C=O) groups is 1. The molecule has 0 fully saturated rings. The number of carbonyl (C=O) groups excluding carboxylic acids is 1. The van der Waals surface area contributed by atoms with E-state index < -0.39 is 22.9 Å². The molecule has 0 aromatic rings. The Morgan fingerprint density at radius 3 is 2.67 bits per heavy atom. The third-order valence-corrected chi connectivity index (χ3v) is 3.53. The van der Waals surface area contributed by atoms with Gasteiger partial charge in [0.2, 0.25) is 0 Å². The Hall–Kier alpha value is -0.544. The quantitative estimate of drug-likeness (QED) is 0.468. The van der Waals surface area contributed by atoms with Gasteiger partial charge in [0.1, 0.15) is 0 Å². The van der Waals surface area contributed by atoms with E-state index in [1.165, 1.54) is 0 Å². The van der Waals surface area contributed by atoms with Crippen molar-refractivity contribution in [3.05, 3.63) is 22.9 Å². The molecule has 44 valence electrons. The van der Waals surface area contributed by atoms with Gasteiger partial charge in [-0.25, -0.2) is 0 Å². The van der Waals surface area contributed by atoms with Gasteiger partial charge >= 0.3 is 59.7 Å². The molecule has 0 aliphatic carbocycles. The van der Waals surface area contributed by atoms with Gasteiger partial charge in [0.25, 0.3) is 0 Å². The molecule has 2 nitrogen and oxygen atoms in total. The fourth-order valence-corrected chi connectivity index (χ4v) is 2.26. The summed E-state index contributed by atoms with van der Waals surface area (Å²) < 4.78 is 2.44. The van der Waals surface area contributed by atoms with Crippen LogP contribution in [0.15, 0.2) is 22.9 Å². The molecule has 1 heterocycles. The summed E-state index contributed by atoms with van der Waals surface area (Å²) in [6, 6.07) is 0. The molecule has 1 aliphatic heterocycles. The van der Waals surface area contributed by atoms with E-state index in [1.807, 2.05) is 10.7 Å². The molecule has 0 aromatic heterocycles. The van der Waals surface area contributed by atoms with E-state index in [4.69, 9.17) is 0 Å². The number of allylic oxidation sites excluding steroid dienone is 2. The minimum absolute atomic E-state index is 0.501. The van der Waals surface area contributed by atoms with Gasteiger partial charge < -0.3 is 0 Å². The van der Waals surface area contributed by atoms with Crippen LogP contribution in [0.3, 0.4) is 0 Å². The molecule has 0 saturated carbocycles. The van der Waals surface area contributed by atoms with Crippen LogP contribution in [0.1, 0.15) is 0 Å². The molecule has 0 radical (unpaired) electrons. The molecule has 0 bridgehead atoms. The predicted molar refractivity (Wildman–Crippen MR) is 34.0 cm³/mol. The van der Waals surface area contributed by atoms with Crippen LogP contribution in [0.4, 0.5) is 0 Å². The molecule has 0 spiro atoms. The van der Waals surface area contributed by atoms with Crippen LogP contribution in [0, 0.1) is 0 Å². The third-order valence-electron chi connectivity index (χ3n) is 1.01. The number of carboxylic acids is 1. The molecule has 0 saturated heterocycles. The number of aliphatic carboxylic acids is 1. The molecule has 1 rings (SSSR count). The molecule has 0 amide bonds. The molecule has 9 heavy (non-hydrogen) atoms. The van der Waals surface area contributed by atoms with Gasteiger partial charge in [-0.1, -0.05) is 0 Å². The zero-order chi connectivity index (χ0) is 6.69. The average molecular weight is 178 g/mol. The van der Waals surface area contributed by atoms with E-state index in [0.29, 0.717) is 4.07 Å². The summed E-state index contributed by atoms with van der Waals surface area (Å²) in [5.74, 6) is -1.00. The second-order valence-electron chi connectivity index (χ2n) is 1.65. The number of hydrogen-bond donors (Lipinski definition) is 0. The Kier molecular flexibility index (Phi) is 2.08. The van der Waals surface area contributed by atoms with Crippen LogP contribution in [-0.2, 0) is 4.79 Å². The van der Waals surface area contributed by atoms with Gasteiger partial charge in [-0.05, 0) is 0 Å². The number of rotatable bonds is 1. The van der Waals surface area contributed by atoms with Gasteiger partial charge in [-0.2, -0.15) is 0 Å². The molecule has 3 heteroatoms. The van der Waals surface area contributed by atoms with E-state index in [2.05, 4.69) is 0 Å². The molecule has 0 N–H and O–H groups in total. The van der Waals surface area contributed by atoms with Crippen LogP contribution in [-0.4, -0.2) is 27.0 Å². The van der Waals surface area contributed by atoms with Crippen molar-refractivity contribution in [3.63, 3.8) is 0 Å². The van der Waals surface area contributed by atoms with Gasteiger partial charge in [0.15, 0.2) is 0 Å². The Morgan fingerprint density at radius 1 is 1.56 bits per heavy atom. The Bertz CT molecular complexity index is 213. The third kappa shape index (κ3) is 1.69. The first-order chi connectivity index (χ1) is 4.30. The summed E-state index contributed by atoms with van der Waals surface area (Å²) in [6.07, 6.45) is 5.23. The SMILES string of the molecule is O=C([O-])[C]1=[Ga][CH]=CC=C1. The van der Waals surface area contributed by atoms with Gasteiger partial charge in [0.05, 0.1) is 0 Å². The predicted octanol–water partition coefficient (Wildman–Crippen LogP) is -1.30. The second-order valence-corrected chi connectivity index (χ2v) is 4.47. The Morgan fingerprint density at radius 2 is 2.33 bits per heavy atom. The first-order valence-corrected chi connectivity index (χ1v) is 5.18. The van der Waals surface area contributed by atoms with Gasteiger partial charge in [-0.3, -0.25) is 0 Å². The first kappa shape index (κ1) is 6.57. The summed E-state index contributed by atoms with van der Waals surface area (Å²) in [5.41, 5.74) is 0. The van der Waals surface area contributed by atoms with Crippen molar-refractivity contribution in [1.29, 1.82) is 0 Å².